The lowest BCUT2D eigenvalue weighted by Crippen LogP contribution is -2.28. The molecule has 0 aliphatic rings. The number of amides is 1. The molecule has 0 unspecified atom stereocenters. The minimum Gasteiger partial charge on any atom is -0.496 e. The minimum atomic E-state index is -3.56. The highest BCUT2D eigenvalue weighted by Gasteiger charge is 2.20. The lowest BCUT2D eigenvalue weighted by Gasteiger charge is -2.19. The van der Waals surface area contributed by atoms with Crippen LogP contribution < -0.4 is 14.8 Å². The molecule has 0 radical (unpaired) electrons. The van der Waals surface area contributed by atoms with Gasteiger partial charge in [-0.25, -0.2) is 12.7 Å². The number of ether oxygens (including phenoxy) is 2. The number of sulfonamides is 1. The van der Waals surface area contributed by atoms with Crippen LogP contribution in [0.25, 0.3) is 0 Å². The summed E-state index contributed by atoms with van der Waals surface area (Å²) in [6.45, 7) is 3.99. The summed E-state index contributed by atoms with van der Waals surface area (Å²) in [7, 11) is 2.56. The van der Waals surface area contributed by atoms with E-state index in [9.17, 15) is 13.2 Å². The first-order valence-corrected chi connectivity index (χ1v) is 11.6. The van der Waals surface area contributed by atoms with Crippen LogP contribution in [0.15, 0.2) is 41.3 Å². The summed E-state index contributed by atoms with van der Waals surface area (Å²) in [4.78, 5) is 12.8. The molecule has 1 N–H and O–H groups in total. The fourth-order valence-corrected chi connectivity index (χ4v) is 4.33. The molecule has 1 amide bonds. The van der Waals surface area contributed by atoms with Gasteiger partial charge in [-0.1, -0.05) is 19.1 Å². The largest absolute Gasteiger partial charge is 0.496 e. The van der Waals surface area contributed by atoms with Crippen LogP contribution in [0.5, 0.6) is 11.5 Å². The van der Waals surface area contributed by atoms with Gasteiger partial charge in [-0.2, -0.15) is 0 Å². The zero-order valence-corrected chi connectivity index (χ0v) is 19.9. The van der Waals surface area contributed by atoms with E-state index >= 15 is 0 Å². The zero-order chi connectivity index (χ0) is 23.2. The van der Waals surface area contributed by atoms with Gasteiger partial charge in [0.05, 0.1) is 25.2 Å². The molecule has 7 nitrogen and oxygen atoms in total. The van der Waals surface area contributed by atoms with E-state index in [1.54, 1.807) is 19.2 Å². The number of nitrogens with zero attached hydrogens (tertiary/aromatic N) is 1. The van der Waals surface area contributed by atoms with Crippen molar-refractivity contribution in [2.24, 2.45) is 0 Å². The Hall–Kier alpha value is -2.58. The van der Waals surface area contributed by atoms with Crippen LogP contribution >= 0.6 is 0 Å². The van der Waals surface area contributed by atoms with Gasteiger partial charge >= 0.3 is 0 Å². The van der Waals surface area contributed by atoms with Crippen molar-refractivity contribution in [3.8, 4) is 11.5 Å². The normalized spacial score (nSPS) is 12.5. The Labute approximate surface area is 185 Å². The first-order valence-electron chi connectivity index (χ1n) is 10.2. The maximum absolute atomic E-state index is 12.7. The van der Waals surface area contributed by atoms with Crippen molar-refractivity contribution in [2.75, 3.05) is 28.3 Å². The lowest BCUT2D eigenvalue weighted by molar-refractivity contribution is -0.121. The van der Waals surface area contributed by atoms with Gasteiger partial charge in [0, 0.05) is 20.5 Å². The van der Waals surface area contributed by atoms with Crippen molar-refractivity contribution in [1.82, 2.24) is 9.62 Å². The Bertz CT molecular complexity index is 1020. The number of methoxy groups -OCH3 is 2. The zero-order valence-electron chi connectivity index (χ0n) is 19.1. The third-order valence-corrected chi connectivity index (χ3v) is 7.03. The molecule has 0 aliphatic carbocycles. The van der Waals surface area contributed by atoms with Gasteiger partial charge in [0.15, 0.2) is 0 Å². The summed E-state index contributed by atoms with van der Waals surface area (Å²) >= 11 is 0. The molecule has 170 valence electrons. The van der Waals surface area contributed by atoms with E-state index in [1.807, 2.05) is 32.0 Å². The summed E-state index contributed by atoms with van der Waals surface area (Å²) in [6, 6.07) is 10.5. The van der Waals surface area contributed by atoms with E-state index in [0.717, 1.165) is 27.6 Å². The van der Waals surface area contributed by atoms with Crippen LogP contribution in [0, 0.1) is 6.92 Å². The summed E-state index contributed by atoms with van der Waals surface area (Å²) in [5.74, 6) is 1.26. The maximum Gasteiger partial charge on any atom is 0.242 e. The van der Waals surface area contributed by atoms with Crippen LogP contribution in [0.3, 0.4) is 0 Å². The number of hydrogen-bond donors (Lipinski definition) is 1. The molecule has 0 saturated heterocycles. The Balaban J connectivity index is 2.13. The number of rotatable bonds is 10. The molecule has 0 bridgehead atoms. The first kappa shape index (κ1) is 24.7. The average Bonchev–Trinajstić information content (AvgIpc) is 2.75. The molecule has 0 fully saturated rings. The second-order valence-electron chi connectivity index (χ2n) is 7.52. The Kier molecular flexibility index (Phi) is 8.47. The second kappa shape index (κ2) is 10.6. The van der Waals surface area contributed by atoms with Gasteiger partial charge in [-0.05, 0) is 60.7 Å². The minimum absolute atomic E-state index is 0.108. The highest BCUT2D eigenvalue weighted by molar-refractivity contribution is 7.89. The van der Waals surface area contributed by atoms with Crippen LogP contribution in [-0.2, 0) is 21.2 Å². The van der Waals surface area contributed by atoms with Crippen molar-refractivity contribution >= 4 is 15.9 Å². The maximum atomic E-state index is 12.7. The number of carbonyl (C=O) groups excluding carboxylic acids is 1. The predicted octanol–water partition coefficient (Wildman–Crippen LogP) is 3.46. The third-order valence-electron chi connectivity index (χ3n) is 5.22. The molecule has 31 heavy (non-hydrogen) atoms. The summed E-state index contributed by atoms with van der Waals surface area (Å²) in [6.07, 6.45) is 1.33. The Morgan fingerprint density at radius 1 is 1.06 bits per heavy atom. The lowest BCUT2D eigenvalue weighted by atomic mass is 10.0. The number of aryl methyl sites for hydroxylation is 2. The Morgan fingerprint density at radius 3 is 2.26 bits per heavy atom. The predicted molar refractivity (Wildman–Crippen MR) is 121 cm³/mol. The highest BCUT2D eigenvalue weighted by Crippen LogP contribution is 2.26. The van der Waals surface area contributed by atoms with Gasteiger partial charge in [0.25, 0.3) is 0 Å². The standard InChI is InChI=1S/C23H32N2O5S/c1-7-20(17-8-11-21(29-5)16(2)14-17)24-23(26)13-9-18-15-19(10-12-22(18)30-6)31(27,28)25(3)4/h8,10-12,14-15,20H,7,9,13H2,1-6H3,(H,24,26)/t20-/m0/s1. The molecular formula is C23H32N2O5S. The molecule has 0 aliphatic heterocycles. The molecule has 2 rings (SSSR count). The second-order valence-corrected chi connectivity index (χ2v) is 9.67. The van der Waals surface area contributed by atoms with E-state index in [1.165, 1.54) is 27.3 Å². The van der Waals surface area contributed by atoms with Crippen LogP contribution in [0.4, 0.5) is 0 Å². The molecule has 1 atom stereocenters. The van der Waals surface area contributed by atoms with Crippen LogP contribution in [0.1, 0.15) is 42.5 Å². The SMILES string of the molecule is CC[C@H](NC(=O)CCc1cc(S(=O)(=O)N(C)C)ccc1OC)c1ccc(OC)c(C)c1. The van der Waals surface area contributed by atoms with Crippen LogP contribution in [0.2, 0.25) is 0 Å². The number of hydrogen-bond acceptors (Lipinski definition) is 5. The van der Waals surface area contributed by atoms with Crippen molar-refractivity contribution in [3.63, 3.8) is 0 Å². The molecule has 0 aromatic heterocycles. The van der Waals surface area contributed by atoms with Gasteiger partial charge < -0.3 is 14.8 Å². The summed E-state index contributed by atoms with van der Waals surface area (Å²) in [5.41, 5.74) is 2.70. The first-order chi connectivity index (χ1) is 14.6. The fourth-order valence-electron chi connectivity index (χ4n) is 3.38. The van der Waals surface area contributed by atoms with E-state index < -0.39 is 10.0 Å². The van der Waals surface area contributed by atoms with E-state index in [2.05, 4.69) is 5.32 Å². The van der Waals surface area contributed by atoms with E-state index in [-0.39, 0.29) is 23.3 Å². The molecule has 0 spiro atoms. The molecule has 0 saturated carbocycles. The van der Waals surface area contributed by atoms with Gasteiger partial charge in [0.2, 0.25) is 15.9 Å². The van der Waals surface area contributed by atoms with Crippen molar-refractivity contribution in [1.29, 1.82) is 0 Å². The summed E-state index contributed by atoms with van der Waals surface area (Å²) in [5, 5.41) is 3.07. The van der Waals surface area contributed by atoms with E-state index in [0.29, 0.717) is 17.7 Å². The smallest absolute Gasteiger partial charge is 0.242 e. The highest BCUT2D eigenvalue weighted by atomic mass is 32.2. The summed E-state index contributed by atoms with van der Waals surface area (Å²) < 4.78 is 36.7. The van der Waals surface area contributed by atoms with Gasteiger partial charge in [0.1, 0.15) is 11.5 Å². The van der Waals surface area contributed by atoms with Gasteiger partial charge in [-0.3, -0.25) is 4.79 Å². The molecule has 0 heterocycles. The fraction of sp³-hybridized carbons (Fsp3) is 0.435. The number of benzene rings is 2. The topological polar surface area (TPSA) is 84.9 Å². The third kappa shape index (κ3) is 5.98. The monoisotopic (exact) mass is 448 g/mol. The molecule has 2 aromatic carbocycles. The van der Waals surface area contributed by atoms with Gasteiger partial charge in [-0.15, -0.1) is 0 Å². The average molecular weight is 449 g/mol. The molecule has 2 aromatic rings. The number of nitrogens with one attached hydrogen (secondary N) is 1. The van der Waals surface area contributed by atoms with Crippen LogP contribution in [-0.4, -0.2) is 46.9 Å². The van der Waals surface area contributed by atoms with E-state index in [4.69, 9.17) is 9.47 Å². The number of carbonyl (C=O) groups is 1. The Morgan fingerprint density at radius 2 is 1.71 bits per heavy atom. The van der Waals surface area contributed by atoms with Crippen molar-refractivity contribution < 1.29 is 22.7 Å². The molecule has 8 heteroatoms. The van der Waals surface area contributed by atoms with Crippen molar-refractivity contribution in [3.05, 3.63) is 53.1 Å². The van der Waals surface area contributed by atoms with Crippen molar-refractivity contribution in [2.45, 2.75) is 44.0 Å². The quantitative estimate of drug-likeness (QED) is 0.602. The molecular weight excluding hydrogens is 416 g/mol.